The van der Waals surface area contributed by atoms with Gasteiger partial charge in [-0.1, -0.05) is 12.8 Å². The predicted octanol–water partition coefficient (Wildman–Crippen LogP) is 2.92. The molecule has 0 spiro atoms. The van der Waals surface area contributed by atoms with Crippen molar-refractivity contribution in [2.45, 2.75) is 89.6 Å². The summed E-state index contributed by atoms with van der Waals surface area (Å²) in [7, 11) is 1.84. The van der Waals surface area contributed by atoms with Crippen molar-refractivity contribution in [1.82, 2.24) is 10.2 Å². The number of rotatable bonds is 5. The molecule has 5 nitrogen and oxygen atoms in total. The minimum Gasteiger partial charge on any atom is -0.393 e. The number of aliphatic hydroxyl groups excluding tert-OH is 1. The number of nitrogens with one attached hydrogen (secondary N) is 1. The number of hydrogen-bond acceptors (Lipinski definition) is 3. The van der Waals surface area contributed by atoms with E-state index in [0.717, 1.165) is 51.4 Å². The molecule has 0 aromatic heterocycles. The van der Waals surface area contributed by atoms with Crippen molar-refractivity contribution >= 4 is 6.03 Å². The second-order valence-corrected chi connectivity index (χ2v) is 7.60. The summed E-state index contributed by atoms with van der Waals surface area (Å²) in [5, 5.41) is 13.2. The number of hydrogen-bond donors (Lipinski definition) is 2. The van der Waals surface area contributed by atoms with E-state index in [9.17, 15) is 9.90 Å². The van der Waals surface area contributed by atoms with Crippen LogP contribution in [0.1, 0.15) is 65.2 Å². The molecular weight excluding hydrogens is 292 g/mol. The van der Waals surface area contributed by atoms with Crippen molar-refractivity contribution < 1.29 is 14.6 Å². The Bertz CT molecular complexity index is 367. The third-order valence-corrected chi connectivity index (χ3v) is 5.19. The fourth-order valence-electron chi connectivity index (χ4n) is 3.85. The van der Waals surface area contributed by atoms with Crippen LogP contribution in [0.3, 0.4) is 0 Å². The Morgan fingerprint density at radius 1 is 1.17 bits per heavy atom. The smallest absolute Gasteiger partial charge is 0.317 e. The van der Waals surface area contributed by atoms with Gasteiger partial charge in [0, 0.05) is 25.6 Å². The van der Waals surface area contributed by atoms with E-state index in [-0.39, 0.29) is 30.2 Å². The van der Waals surface area contributed by atoms with Crippen molar-refractivity contribution in [2.24, 2.45) is 5.92 Å². The molecule has 2 N–H and O–H groups in total. The molecule has 5 heteroatoms. The van der Waals surface area contributed by atoms with E-state index in [4.69, 9.17) is 4.74 Å². The molecule has 2 atom stereocenters. The maximum atomic E-state index is 12.4. The van der Waals surface area contributed by atoms with E-state index in [1.54, 1.807) is 4.90 Å². The first kappa shape index (κ1) is 18.5. The van der Waals surface area contributed by atoms with Gasteiger partial charge in [0.1, 0.15) is 0 Å². The molecule has 23 heavy (non-hydrogen) atoms. The van der Waals surface area contributed by atoms with Crippen LogP contribution in [0, 0.1) is 5.92 Å². The first-order valence-electron chi connectivity index (χ1n) is 9.31. The Morgan fingerprint density at radius 2 is 1.83 bits per heavy atom. The summed E-state index contributed by atoms with van der Waals surface area (Å²) in [6.45, 7) is 4.80. The van der Waals surface area contributed by atoms with E-state index in [1.165, 1.54) is 0 Å². The first-order chi connectivity index (χ1) is 11.0. The molecule has 0 aromatic rings. The van der Waals surface area contributed by atoms with Gasteiger partial charge in [0.15, 0.2) is 0 Å². The molecule has 2 saturated carbocycles. The highest BCUT2D eigenvalue weighted by molar-refractivity contribution is 5.74. The fourth-order valence-corrected chi connectivity index (χ4v) is 3.85. The van der Waals surface area contributed by atoms with Crippen LogP contribution in [0.5, 0.6) is 0 Å². The van der Waals surface area contributed by atoms with E-state index >= 15 is 0 Å². The van der Waals surface area contributed by atoms with Gasteiger partial charge in [0.25, 0.3) is 0 Å². The molecule has 2 unspecified atom stereocenters. The van der Waals surface area contributed by atoms with E-state index in [1.807, 2.05) is 7.05 Å². The van der Waals surface area contributed by atoms with Crippen molar-refractivity contribution in [3.05, 3.63) is 0 Å². The van der Waals surface area contributed by atoms with Gasteiger partial charge < -0.3 is 20.1 Å². The Balaban J connectivity index is 1.70. The summed E-state index contributed by atoms with van der Waals surface area (Å²) in [5.41, 5.74) is 0. The number of ether oxygens (including phenoxy) is 1. The molecule has 2 amide bonds. The van der Waals surface area contributed by atoms with Crippen molar-refractivity contribution in [1.29, 1.82) is 0 Å². The van der Waals surface area contributed by atoms with E-state index in [0.29, 0.717) is 12.6 Å². The summed E-state index contributed by atoms with van der Waals surface area (Å²) < 4.78 is 5.85. The second kappa shape index (κ2) is 8.88. The van der Waals surface area contributed by atoms with Crippen LogP contribution >= 0.6 is 0 Å². The van der Waals surface area contributed by atoms with E-state index < -0.39 is 0 Å². The zero-order chi connectivity index (χ0) is 16.8. The van der Waals surface area contributed by atoms with Crippen LogP contribution in [-0.4, -0.2) is 54.0 Å². The lowest BCUT2D eigenvalue weighted by atomic mass is 9.86. The van der Waals surface area contributed by atoms with Crippen LogP contribution in [0.2, 0.25) is 0 Å². The number of carbonyl (C=O) groups is 1. The largest absolute Gasteiger partial charge is 0.393 e. The molecule has 0 aromatic carbocycles. The van der Waals surface area contributed by atoms with Crippen LogP contribution in [0.4, 0.5) is 4.79 Å². The first-order valence-corrected chi connectivity index (χ1v) is 9.31. The maximum absolute atomic E-state index is 12.4. The monoisotopic (exact) mass is 326 g/mol. The molecule has 134 valence electrons. The van der Waals surface area contributed by atoms with Gasteiger partial charge in [0.2, 0.25) is 0 Å². The molecule has 2 aliphatic carbocycles. The van der Waals surface area contributed by atoms with Crippen LogP contribution in [0.15, 0.2) is 0 Å². The quantitative estimate of drug-likeness (QED) is 0.816. The lowest BCUT2D eigenvalue weighted by Crippen LogP contribution is -2.47. The number of aliphatic hydroxyl groups is 1. The normalized spacial score (nSPS) is 31.9. The molecule has 2 aliphatic rings. The molecular formula is C18H34N2O3. The van der Waals surface area contributed by atoms with Crippen LogP contribution in [-0.2, 0) is 4.74 Å². The highest BCUT2D eigenvalue weighted by Crippen LogP contribution is 2.25. The SMILES string of the molecule is CC(C)OC1CCC(NC(=O)N(C)CC2CCCCC2O)CC1. The Hall–Kier alpha value is -0.810. The molecule has 2 rings (SSSR count). The van der Waals surface area contributed by atoms with Gasteiger partial charge in [-0.2, -0.15) is 0 Å². The third-order valence-electron chi connectivity index (χ3n) is 5.19. The Morgan fingerprint density at radius 3 is 2.43 bits per heavy atom. The van der Waals surface area contributed by atoms with E-state index in [2.05, 4.69) is 19.2 Å². The van der Waals surface area contributed by atoms with Gasteiger partial charge in [-0.3, -0.25) is 0 Å². The minimum absolute atomic E-state index is 0.00370. The summed E-state index contributed by atoms with van der Waals surface area (Å²) in [6.07, 6.45) is 8.57. The number of urea groups is 1. The van der Waals surface area contributed by atoms with Gasteiger partial charge >= 0.3 is 6.03 Å². The topological polar surface area (TPSA) is 61.8 Å². The Labute approximate surface area is 140 Å². The summed E-state index contributed by atoms with van der Waals surface area (Å²) >= 11 is 0. The number of amides is 2. The van der Waals surface area contributed by atoms with Crippen molar-refractivity contribution in [2.75, 3.05) is 13.6 Å². The van der Waals surface area contributed by atoms with Crippen LogP contribution < -0.4 is 5.32 Å². The van der Waals surface area contributed by atoms with Crippen molar-refractivity contribution in [3.63, 3.8) is 0 Å². The molecule has 0 aliphatic heterocycles. The van der Waals surface area contributed by atoms with Gasteiger partial charge in [-0.05, 0) is 52.4 Å². The lowest BCUT2D eigenvalue weighted by molar-refractivity contribution is -0.0158. The Kier molecular flexibility index (Phi) is 7.15. The van der Waals surface area contributed by atoms with Gasteiger partial charge in [-0.25, -0.2) is 4.79 Å². The second-order valence-electron chi connectivity index (χ2n) is 7.60. The van der Waals surface area contributed by atoms with Gasteiger partial charge in [-0.15, -0.1) is 0 Å². The number of carbonyl (C=O) groups excluding carboxylic acids is 1. The molecule has 2 fully saturated rings. The zero-order valence-electron chi connectivity index (χ0n) is 15.0. The summed E-state index contributed by atoms with van der Waals surface area (Å²) in [6, 6.07) is 0.254. The van der Waals surface area contributed by atoms with Crippen LogP contribution in [0.25, 0.3) is 0 Å². The summed E-state index contributed by atoms with van der Waals surface area (Å²) in [5.74, 6) is 0.231. The van der Waals surface area contributed by atoms with Crippen molar-refractivity contribution in [3.8, 4) is 0 Å². The predicted molar refractivity (Wildman–Crippen MR) is 91.4 cm³/mol. The highest BCUT2D eigenvalue weighted by Gasteiger charge is 2.27. The highest BCUT2D eigenvalue weighted by atomic mass is 16.5. The zero-order valence-corrected chi connectivity index (χ0v) is 15.0. The standard InChI is InChI=1S/C18H34N2O3/c1-13(2)23-16-10-8-15(9-11-16)19-18(22)20(3)12-14-6-4-5-7-17(14)21/h13-17,21H,4-12H2,1-3H3,(H,19,22). The minimum atomic E-state index is -0.248. The molecule has 0 heterocycles. The average molecular weight is 326 g/mol. The fraction of sp³-hybridized carbons (Fsp3) is 0.944. The lowest BCUT2D eigenvalue weighted by Gasteiger charge is -2.34. The molecule has 0 saturated heterocycles. The third kappa shape index (κ3) is 5.96. The summed E-state index contributed by atoms with van der Waals surface area (Å²) in [4.78, 5) is 14.1. The number of nitrogens with zero attached hydrogens (tertiary/aromatic N) is 1. The molecule has 0 radical (unpaired) electrons. The molecule has 0 bridgehead atoms. The van der Waals surface area contributed by atoms with Gasteiger partial charge in [0.05, 0.1) is 18.3 Å². The maximum Gasteiger partial charge on any atom is 0.317 e. The average Bonchev–Trinajstić information content (AvgIpc) is 2.51.